The number of aromatic nitrogens is 1. The summed E-state index contributed by atoms with van der Waals surface area (Å²) >= 11 is 1.72. The van der Waals surface area contributed by atoms with Crippen LogP contribution in [0.2, 0.25) is 0 Å². The minimum absolute atomic E-state index is 0.0822. The SMILES string of the molecule is CCn1cc2c3c(cc(C(=O)N[C@@H](Cc4ccccc4)[C@H](O)CNCCOCC(F)(F)F)cc31)N(C)SCC2. The van der Waals surface area contributed by atoms with Gasteiger partial charge in [-0.15, -0.1) is 0 Å². The van der Waals surface area contributed by atoms with Gasteiger partial charge in [0.1, 0.15) is 6.61 Å². The fourth-order valence-corrected chi connectivity index (χ4v) is 5.68. The van der Waals surface area contributed by atoms with E-state index in [0.717, 1.165) is 35.5 Å². The quantitative estimate of drug-likeness (QED) is 0.227. The second-order valence-corrected chi connectivity index (χ2v) is 10.8. The molecule has 2 heterocycles. The van der Waals surface area contributed by atoms with Crippen LogP contribution >= 0.6 is 11.9 Å². The standard InChI is InChI=1S/C28H35F3N4O3S/c1-3-35-17-20-9-12-39-34(2)23-14-21(15-24(35)26(20)23)27(37)33-22(13-19-7-5-4-6-8-19)25(36)16-32-10-11-38-18-28(29,30)31/h4-8,14-15,17,22,25,32,36H,3,9-13,16,18H2,1-2H3,(H,33,37)/t22-,25+/m0/s1. The van der Waals surface area contributed by atoms with E-state index in [0.29, 0.717) is 12.0 Å². The topological polar surface area (TPSA) is 78.8 Å². The molecule has 0 spiro atoms. The number of aliphatic hydroxyl groups is 1. The summed E-state index contributed by atoms with van der Waals surface area (Å²) < 4.78 is 45.7. The number of rotatable bonds is 12. The van der Waals surface area contributed by atoms with Gasteiger partial charge in [0.05, 0.1) is 30.0 Å². The molecule has 212 valence electrons. The molecule has 0 saturated carbocycles. The molecule has 1 aliphatic heterocycles. The molecule has 4 rings (SSSR count). The van der Waals surface area contributed by atoms with E-state index in [2.05, 4.69) is 37.4 Å². The number of carbonyl (C=O) groups is 1. The Morgan fingerprint density at radius 1 is 1.23 bits per heavy atom. The van der Waals surface area contributed by atoms with Crippen molar-refractivity contribution in [2.45, 2.75) is 44.6 Å². The van der Waals surface area contributed by atoms with Gasteiger partial charge in [0.25, 0.3) is 5.91 Å². The van der Waals surface area contributed by atoms with Crippen molar-refractivity contribution in [2.75, 3.05) is 43.4 Å². The van der Waals surface area contributed by atoms with Gasteiger partial charge in [0.2, 0.25) is 0 Å². The van der Waals surface area contributed by atoms with Crippen LogP contribution in [0.15, 0.2) is 48.7 Å². The summed E-state index contributed by atoms with van der Waals surface area (Å²) in [5.41, 5.74) is 4.71. The molecule has 0 aliphatic carbocycles. The highest BCUT2D eigenvalue weighted by Gasteiger charge is 2.28. The number of carbonyl (C=O) groups excluding carboxylic acids is 1. The van der Waals surface area contributed by atoms with Crippen LogP contribution in [0, 0.1) is 0 Å². The number of hydrogen-bond donors (Lipinski definition) is 3. The maximum Gasteiger partial charge on any atom is 0.411 e. The summed E-state index contributed by atoms with van der Waals surface area (Å²) in [6.07, 6.45) is -1.84. The first kappa shape index (κ1) is 29.3. The first-order valence-electron chi connectivity index (χ1n) is 13.1. The van der Waals surface area contributed by atoms with Crippen molar-refractivity contribution in [2.24, 2.45) is 0 Å². The van der Waals surface area contributed by atoms with Crippen LogP contribution in [-0.2, 0) is 24.1 Å². The molecule has 1 aromatic heterocycles. The van der Waals surface area contributed by atoms with Crippen LogP contribution in [-0.4, -0.2) is 73.0 Å². The maximum atomic E-state index is 13.6. The zero-order valence-corrected chi connectivity index (χ0v) is 22.9. The summed E-state index contributed by atoms with van der Waals surface area (Å²) in [6, 6.07) is 12.7. The van der Waals surface area contributed by atoms with Crippen molar-refractivity contribution in [3.63, 3.8) is 0 Å². The number of nitrogens with one attached hydrogen (secondary N) is 2. The summed E-state index contributed by atoms with van der Waals surface area (Å²) in [4.78, 5) is 13.6. The lowest BCUT2D eigenvalue weighted by Crippen LogP contribution is -2.49. The van der Waals surface area contributed by atoms with Gasteiger partial charge in [-0.3, -0.25) is 4.79 Å². The highest BCUT2D eigenvalue weighted by atomic mass is 32.2. The highest BCUT2D eigenvalue weighted by molar-refractivity contribution is 8.00. The summed E-state index contributed by atoms with van der Waals surface area (Å²) in [5.74, 6) is 0.657. The van der Waals surface area contributed by atoms with Crippen LogP contribution in [0.1, 0.15) is 28.4 Å². The zero-order valence-electron chi connectivity index (χ0n) is 22.1. The average Bonchev–Trinajstić information content (AvgIpc) is 3.18. The smallest absolute Gasteiger partial charge is 0.390 e. The number of hydrogen-bond acceptors (Lipinski definition) is 6. The predicted octanol–water partition coefficient (Wildman–Crippen LogP) is 4.17. The van der Waals surface area contributed by atoms with Crippen molar-refractivity contribution in [3.8, 4) is 0 Å². The number of ether oxygens (including phenoxy) is 1. The first-order valence-corrected chi connectivity index (χ1v) is 14.0. The molecular formula is C28H35F3N4O3S. The Morgan fingerprint density at radius 3 is 2.72 bits per heavy atom. The number of halogens is 3. The van der Waals surface area contributed by atoms with Crippen molar-refractivity contribution >= 4 is 34.4 Å². The van der Waals surface area contributed by atoms with E-state index in [1.54, 1.807) is 11.9 Å². The lowest BCUT2D eigenvalue weighted by atomic mass is 10.00. The Kier molecular flexibility index (Phi) is 9.81. The summed E-state index contributed by atoms with van der Waals surface area (Å²) in [7, 11) is 2.01. The third-order valence-corrected chi connectivity index (χ3v) is 7.73. The molecule has 2 atom stereocenters. The summed E-state index contributed by atoms with van der Waals surface area (Å²) in [5, 5.41) is 18.1. The fraction of sp³-hybridized carbons (Fsp3) is 0.464. The molecule has 0 unspecified atom stereocenters. The lowest BCUT2D eigenvalue weighted by Gasteiger charge is -2.25. The minimum Gasteiger partial charge on any atom is -0.390 e. The molecule has 0 radical (unpaired) electrons. The minimum atomic E-state index is -4.38. The number of anilines is 1. The van der Waals surface area contributed by atoms with Gasteiger partial charge in [-0.1, -0.05) is 30.3 Å². The Labute approximate surface area is 230 Å². The molecule has 1 amide bonds. The Hall–Kier alpha value is -2.73. The van der Waals surface area contributed by atoms with Gasteiger partial charge in [-0.25, -0.2) is 0 Å². The molecule has 1 aliphatic rings. The third kappa shape index (κ3) is 7.69. The normalized spacial score (nSPS) is 15.3. The molecule has 3 N–H and O–H groups in total. The molecule has 0 fully saturated rings. The second kappa shape index (κ2) is 13.1. The third-order valence-electron chi connectivity index (χ3n) is 6.76. The number of alkyl halides is 3. The largest absolute Gasteiger partial charge is 0.411 e. The van der Waals surface area contributed by atoms with E-state index in [1.807, 2.05) is 49.5 Å². The molecule has 2 aromatic carbocycles. The summed E-state index contributed by atoms with van der Waals surface area (Å²) in [6.45, 7) is 1.62. The van der Waals surface area contributed by atoms with Crippen molar-refractivity contribution < 1.29 is 27.8 Å². The van der Waals surface area contributed by atoms with Crippen molar-refractivity contribution in [3.05, 3.63) is 65.4 Å². The maximum absolute atomic E-state index is 13.6. The van der Waals surface area contributed by atoms with Gasteiger partial charge >= 0.3 is 6.18 Å². The van der Waals surface area contributed by atoms with Gasteiger partial charge in [-0.05, 0) is 55.0 Å². The van der Waals surface area contributed by atoms with Crippen molar-refractivity contribution in [1.29, 1.82) is 0 Å². The van der Waals surface area contributed by atoms with E-state index >= 15 is 0 Å². The number of aryl methyl sites for hydroxylation is 2. The fourth-order valence-electron chi connectivity index (χ4n) is 4.81. The van der Waals surface area contributed by atoms with Crippen molar-refractivity contribution in [1.82, 2.24) is 15.2 Å². The Balaban J connectivity index is 1.50. The zero-order chi connectivity index (χ0) is 28.0. The van der Waals surface area contributed by atoms with Crippen LogP contribution in [0.25, 0.3) is 10.9 Å². The predicted molar refractivity (Wildman–Crippen MR) is 149 cm³/mol. The molecule has 0 bridgehead atoms. The van der Waals surface area contributed by atoms with E-state index in [1.165, 1.54) is 10.9 Å². The molecule has 39 heavy (non-hydrogen) atoms. The Bertz CT molecular complexity index is 1250. The van der Waals surface area contributed by atoms with Crippen LogP contribution in [0.5, 0.6) is 0 Å². The second-order valence-electron chi connectivity index (χ2n) is 9.62. The number of nitrogens with zero attached hydrogens (tertiary/aromatic N) is 2. The first-order chi connectivity index (χ1) is 18.7. The van der Waals surface area contributed by atoms with E-state index in [9.17, 15) is 23.1 Å². The van der Waals surface area contributed by atoms with Gasteiger partial charge in [-0.2, -0.15) is 13.2 Å². The average molecular weight is 565 g/mol. The number of aliphatic hydroxyl groups excluding tert-OH is 1. The molecular weight excluding hydrogens is 529 g/mol. The molecule has 7 nitrogen and oxygen atoms in total. The van der Waals surface area contributed by atoms with Crippen LogP contribution < -0.4 is 14.9 Å². The lowest BCUT2D eigenvalue weighted by molar-refractivity contribution is -0.173. The highest BCUT2D eigenvalue weighted by Crippen LogP contribution is 2.38. The molecule has 11 heteroatoms. The van der Waals surface area contributed by atoms with E-state index in [-0.39, 0.29) is 25.6 Å². The van der Waals surface area contributed by atoms with Gasteiger partial charge in [0.15, 0.2) is 0 Å². The monoisotopic (exact) mass is 564 g/mol. The number of amides is 1. The Morgan fingerprint density at radius 2 is 2.00 bits per heavy atom. The van der Waals surface area contributed by atoms with E-state index in [4.69, 9.17) is 0 Å². The van der Waals surface area contributed by atoms with Gasteiger partial charge < -0.3 is 29.3 Å². The van der Waals surface area contributed by atoms with Crippen LogP contribution in [0.4, 0.5) is 18.9 Å². The molecule has 3 aromatic rings. The molecule has 0 saturated heterocycles. The number of benzene rings is 2. The van der Waals surface area contributed by atoms with Crippen LogP contribution in [0.3, 0.4) is 0 Å². The van der Waals surface area contributed by atoms with E-state index < -0.39 is 24.9 Å². The van der Waals surface area contributed by atoms with Gasteiger partial charge in [0, 0.05) is 49.6 Å².